The molecule has 1 aliphatic heterocycles. The van der Waals surface area contributed by atoms with E-state index in [1.807, 2.05) is 22.6 Å². The Bertz CT molecular complexity index is 1080. The lowest BCUT2D eigenvalue weighted by Crippen LogP contribution is -2.44. The monoisotopic (exact) mass is 551 g/mol. The molecule has 7 nitrogen and oxygen atoms in total. The van der Waals surface area contributed by atoms with Crippen molar-refractivity contribution in [3.8, 4) is 5.75 Å². The van der Waals surface area contributed by atoms with E-state index >= 15 is 0 Å². The molecule has 162 valence electrons. The number of nitrogens with two attached hydrogens (primary N) is 1. The number of nitrogens with one attached hydrogen (secondary N) is 2. The molecule has 1 heterocycles. The Kier molecular flexibility index (Phi) is 6.82. The number of ether oxygens (including phenoxy) is 1. The second-order valence-electron chi connectivity index (χ2n) is 6.96. The molecule has 0 bridgehead atoms. The molecule has 1 unspecified atom stereocenters. The van der Waals surface area contributed by atoms with Gasteiger partial charge in [-0.1, -0.05) is 0 Å². The summed E-state index contributed by atoms with van der Waals surface area (Å²) in [7, 11) is -3.73. The molecule has 0 radical (unpaired) electrons. The van der Waals surface area contributed by atoms with Crippen LogP contribution in [0.4, 0.5) is 20.2 Å². The largest absolute Gasteiger partial charge is 0.472 e. The summed E-state index contributed by atoms with van der Waals surface area (Å²) in [5.74, 6) is -2.74. The molecule has 1 saturated heterocycles. The van der Waals surface area contributed by atoms with E-state index < -0.39 is 38.9 Å². The molecule has 1 fully saturated rings. The number of hydrogen-bond donors (Lipinski definition) is 3. The van der Waals surface area contributed by atoms with Crippen LogP contribution >= 0.6 is 22.6 Å². The fraction of sp³-hybridized carbons (Fsp3) is 0.316. The quantitative estimate of drug-likeness (QED) is 0.457. The number of carbonyl (C=O) groups is 1. The summed E-state index contributed by atoms with van der Waals surface area (Å²) in [4.78, 5) is 12.2. The lowest BCUT2D eigenvalue weighted by Gasteiger charge is -2.25. The molecular weight excluding hydrogens is 531 g/mol. The van der Waals surface area contributed by atoms with Crippen LogP contribution < -0.4 is 21.1 Å². The average molecular weight is 551 g/mol. The van der Waals surface area contributed by atoms with Gasteiger partial charge < -0.3 is 21.1 Å². The Hall–Kier alpha value is -1.99. The van der Waals surface area contributed by atoms with Crippen molar-refractivity contribution in [2.75, 3.05) is 18.1 Å². The number of sulfone groups is 1. The van der Waals surface area contributed by atoms with Crippen molar-refractivity contribution in [2.24, 2.45) is 5.73 Å². The standard InChI is InChI=1S/C19H20F2IN3O4S/c1-30(27,28)19(14-3-2-6-24-14)29-16-8-10(20)7-15(17(16)18(23)26)25-13-5-4-11(22)9-12(13)21/h4-5,7-9,14,19,24-25H,2-3,6H2,1H3,(H2,23,26)/t14?,19-/m1/s1. The Morgan fingerprint density at radius 3 is 2.60 bits per heavy atom. The van der Waals surface area contributed by atoms with Crippen molar-refractivity contribution < 1.29 is 26.7 Å². The summed E-state index contributed by atoms with van der Waals surface area (Å²) >= 11 is 1.94. The molecule has 0 saturated carbocycles. The zero-order valence-electron chi connectivity index (χ0n) is 15.9. The van der Waals surface area contributed by atoms with Crippen LogP contribution in [0.1, 0.15) is 23.2 Å². The first-order valence-corrected chi connectivity index (χ1v) is 12.0. The maximum Gasteiger partial charge on any atom is 0.254 e. The zero-order chi connectivity index (χ0) is 22.1. The SMILES string of the molecule is CS(=O)(=O)[C@@H](Oc1cc(F)cc(Nc2ccc(I)cc2F)c1C(N)=O)C1CCCN1. The predicted molar refractivity (Wildman–Crippen MR) is 118 cm³/mol. The molecule has 2 aromatic rings. The van der Waals surface area contributed by atoms with Gasteiger partial charge in [0.2, 0.25) is 5.44 Å². The van der Waals surface area contributed by atoms with Gasteiger partial charge in [-0.2, -0.15) is 0 Å². The van der Waals surface area contributed by atoms with Crippen molar-refractivity contribution >= 4 is 49.7 Å². The minimum absolute atomic E-state index is 0.00779. The number of carbonyl (C=O) groups excluding carboxylic acids is 1. The highest BCUT2D eigenvalue weighted by atomic mass is 127. The highest BCUT2D eigenvalue weighted by Crippen LogP contribution is 2.33. The summed E-state index contributed by atoms with van der Waals surface area (Å²) < 4.78 is 59.5. The number of halogens is 3. The summed E-state index contributed by atoms with van der Waals surface area (Å²) in [6.07, 6.45) is 2.30. The molecule has 1 aliphatic rings. The van der Waals surface area contributed by atoms with Gasteiger partial charge in [0, 0.05) is 15.9 Å². The van der Waals surface area contributed by atoms with Crippen molar-refractivity contribution in [3.05, 3.63) is 51.1 Å². The lowest BCUT2D eigenvalue weighted by atomic mass is 10.1. The summed E-state index contributed by atoms with van der Waals surface area (Å²) in [5.41, 5.74) is 3.71. The van der Waals surface area contributed by atoms with Gasteiger partial charge >= 0.3 is 0 Å². The van der Waals surface area contributed by atoms with E-state index in [4.69, 9.17) is 10.5 Å². The zero-order valence-corrected chi connectivity index (χ0v) is 18.9. The predicted octanol–water partition coefficient (Wildman–Crippen LogP) is 2.91. The molecule has 11 heteroatoms. The van der Waals surface area contributed by atoms with Gasteiger partial charge in [-0.3, -0.25) is 4.79 Å². The molecule has 4 N–H and O–H groups in total. The highest BCUT2D eigenvalue weighted by molar-refractivity contribution is 14.1. The topological polar surface area (TPSA) is 111 Å². The van der Waals surface area contributed by atoms with Gasteiger partial charge in [-0.05, 0) is 66.2 Å². The fourth-order valence-corrected chi connectivity index (χ4v) is 4.86. The average Bonchev–Trinajstić information content (AvgIpc) is 3.14. The van der Waals surface area contributed by atoms with Crippen molar-refractivity contribution in [2.45, 2.75) is 24.3 Å². The third-order valence-corrected chi connectivity index (χ3v) is 6.55. The molecule has 2 aromatic carbocycles. The van der Waals surface area contributed by atoms with E-state index in [1.165, 1.54) is 12.1 Å². The van der Waals surface area contributed by atoms with Crippen LogP contribution in [0.3, 0.4) is 0 Å². The molecule has 1 amide bonds. The molecule has 0 aromatic heterocycles. The smallest absolute Gasteiger partial charge is 0.254 e. The Morgan fingerprint density at radius 1 is 1.30 bits per heavy atom. The minimum Gasteiger partial charge on any atom is -0.472 e. The fourth-order valence-electron chi connectivity index (χ4n) is 3.30. The second kappa shape index (κ2) is 9.02. The van der Waals surface area contributed by atoms with Gasteiger partial charge in [0.1, 0.15) is 22.9 Å². The number of hydrogen-bond acceptors (Lipinski definition) is 6. The molecule has 0 spiro atoms. The van der Waals surface area contributed by atoms with E-state index in [1.54, 1.807) is 6.07 Å². The first-order valence-electron chi connectivity index (χ1n) is 9.00. The number of rotatable bonds is 7. The van der Waals surface area contributed by atoms with E-state index in [0.717, 1.165) is 24.8 Å². The molecule has 3 rings (SSSR count). The van der Waals surface area contributed by atoms with Crippen molar-refractivity contribution in [3.63, 3.8) is 0 Å². The third-order valence-electron chi connectivity index (χ3n) is 4.61. The van der Waals surface area contributed by atoms with Crippen LogP contribution in [0.2, 0.25) is 0 Å². The molecule has 0 aliphatic carbocycles. The molecular formula is C19H20F2IN3O4S. The summed E-state index contributed by atoms with van der Waals surface area (Å²) in [6.45, 7) is 0.616. The van der Waals surface area contributed by atoms with Crippen molar-refractivity contribution in [1.82, 2.24) is 5.32 Å². The maximum atomic E-state index is 14.3. The third kappa shape index (κ3) is 5.19. The van der Waals surface area contributed by atoms with E-state index in [0.29, 0.717) is 16.5 Å². The number of benzene rings is 2. The van der Waals surface area contributed by atoms with Gasteiger partial charge in [0.15, 0.2) is 9.84 Å². The van der Waals surface area contributed by atoms with Crippen LogP contribution in [0.25, 0.3) is 0 Å². The van der Waals surface area contributed by atoms with E-state index in [-0.39, 0.29) is 22.7 Å². The molecule has 30 heavy (non-hydrogen) atoms. The van der Waals surface area contributed by atoms with Crippen LogP contribution in [0.15, 0.2) is 30.3 Å². The van der Waals surface area contributed by atoms with Crippen LogP contribution in [-0.4, -0.2) is 38.6 Å². The van der Waals surface area contributed by atoms with Gasteiger partial charge in [0.25, 0.3) is 5.91 Å². The van der Waals surface area contributed by atoms with Gasteiger partial charge in [0.05, 0.1) is 17.4 Å². The van der Waals surface area contributed by atoms with Crippen LogP contribution in [0, 0.1) is 15.2 Å². The van der Waals surface area contributed by atoms with Gasteiger partial charge in [-0.25, -0.2) is 17.2 Å². The highest BCUT2D eigenvalue weighted by Gasteiger charge is 2.35. The normalized spacial score (nSPS) is 17.5. The second-order valence-corrected chi connectivity index (χ2v) is 10.3. The maximum absolute atomic E-state index is 14.3. The number of amides is 1. The minimum atomic E-state index is -3.73. The van der Waals surface area contributed by atoms with E-state index in [2.05, 4.69) is 10.6 Å². The van der Waals surface area contributed by atoms with Crippen molar-refractivity contribution in [1.29, 1.82) is 0 Å². The Balaban J connectivity index is 2.05. The van der Waals surface area contributed by atoms with E-state index in [9.17, 15) is 22.0 Å². The first-order chi connectivity index (χ1) is 14.1. The summed E-state index contributed by atoms with van der Waals surface area (Å²) in [6, 6.07) is 5.65. The Labute approximate surface area is 186 Å². The van der Waals surface area contributed by atoms with Crippen LogP contribution in [0.5, 0.6) is 5.75 Å². The lowest BCUT2D eigenvalue weighted by molar-refractivity contribution is 0.0995. The Morgan fingerprint density at radius 2 is 2.03 bits per heavy atom. The van der Waals surface area contributed by atoms with Gasteiger partial charge in [-0.15, -0.1) is 0 Å². The first kappa shape index (κ1) is 22.7. The number of primary amides is 1. The van der Waals surface area contributed by atoms with Crippen LogP contribution in [-0.2, 0) is 9.84 Å². The number of anilines is 2. The summed E-state index contributed by atoms with van der Waals surface area (Å²) in [5, 5.41) is 5.68. The molecule has 2 atom stereocenters.